The fraction of sp³-hybridized carbons (Fsp3) is 0.105. The Balaban J connectivity index is 2.06. The Kier molecular flexibility index (Phi) is 3.46. The lowest BCUT2D eigenvalue weighted by molar-refractivity contribution is 1.13. The molecule has 0 aliphatic rings. The van der Waals surface area contributed by atoms with Gasteiger partial charge in [-0.25, -0.2) is 15.0 Å². The smallest absolute Gasteiger partial charge is 0.179 e. The van der Waals surface area contributed by atoms with Crippen LogP contribution in [-0.4, -0.2) is 24.9 Å². The van der Waals surface area contributed by atoms with Gasteiger partial charge in [0.25, 0.3) is 0 Å². The van der Waals surface area contributed by atoms with E-state index in [-0.39, 0.29) is 0 Å². The summed E-state index contributed by atoms with van der Waals surface area (Å²) < 4.78 is 0. The Morgan fingerprint density at radius 1 is 0.708 bits per heavy atom. The Morgan fingerprint density at radius 2 is 1.33 bits per heavy atom. The Labute approximate surface area is 139 Å². The molecule has 0 saturated heterocycles. The number of aromatic nitrogens is 5. The standard InChI is InChI=1S/C19H15N5/c1-12-11-16-19(22-13(12)2)24-18(15-8-4-6-10-21-15)17(23-16)14-7-3-5-9-20-14/h3-11H,1-2H3. The summed E-state index contributed by atoms with van der Waals surface area (Å²) in [4.78, 5) is 23.0. The largest absolute Gasteiger partial charge is 0.255 e. The maximum Gasteiger partial charge on any atom is 0.179 e. The number of hydrogen-bond donors (Lipinski definition) is 0. The van der Waals surface area contributed by atoms with Gasteiger partial charge in [0, 0.05) is 18.1 Å². The van der Waals surface area contributed by atoms with Crippen molar-refractivity contribution in [2.24, 2.45) is 0 Å². The van der Waals surface area contributed by atoms with Crippen LogP contribution in [0.4, 0.5) is 0 Å². The Hall–Kier alpha value is -3.21. The topological polar surface area (TPSA) is 64.5 Å². The summed E-state index contributed by atoms with van der Waals surface area (Å²) in [7, 11) is 0. The van der Waals surface area contributed by atoms with Crippen molar-refractivity contribution in [3.8, 4) is 22.8 Å². The van der Waals surface area contributed by atoms with E-state index in [2.05, 4.69) is 15.0 Å². The van der Waals surface area contributed by atoms with Crippen molar-refractivity contribution < 1.29 is 0 Å². The minimum absolute atomic E-state index is 0.624. The maximum atomic E-state index is 4.80. The van der Waals surface area contributed by atoms with E-state index >= 15 is 0 Å². The fourth-order valence-corrected chi connectivity index (χ4v) is 2.54. The van der Waals surface area contributed by atoms with Crippen molar-refractivity contribution in [3.05, 3.63) is 66.1 Å². The molecule has 0 aromatic carbocycles. The van der Waals surface area contributed by atoms with Gasteiger partial charge in [-0.2, -0.15) is 0 Å². The first-order valence-electron chi connectivity index (χ1n) is 7.71. The number of fused-ring (bicyclic) bond motifs is 1. The highest BCUT2D eigenvalue weighted by Crippen LogP contribution is 2.28. The van der Waals surface area contributed by atoms with E-state index in [0.29, 0.717) is 17.0 Å². The molecule has 0 fully saturated rings. The zero-order chi connectivity index (χ0) is 16.5. The molecule has 0 N–H and O–H groups in total. The molecule has 0 amide bonds. The van der Waals surface area contributed by atoms with Crippen LogP contribution < -0.4 is 0 Å². The van der Waals surface area contributed by atoms with Gasteiger partial charge in [0.15, 0.2) is 5.65 Å². The fourth-order valence-electron chi connectivity index (χ4n) is 2.54. The predicted octanol–water partition coefficient (Wildman–Crippen LogP) is 3.77. The molecule has 5 nitrogen and oxygen atoms in total. The van der Waals surface area contributed by atoms with Crippen LogP contribution in [0, 0.1) is 13.8 Å². The van der Waals surface area contributed by atoms with Crippen LogP contribution in [-0.2, 0) is 0 Å². The predicted molar refractivity (Wildman–Crippen MR) is 93.3 cm³/mol. The summed E-state index contributed by atoms with van der Waals surface area (Å²) in [5.41, 5.74) is 6.36. The van der Waals surface area contributed by atoms with E-state index in [1.165, 1.54) is 0 Å². The van der Waals surface area contributed by atoms with E-state index in [0.717, 1.165) is 28.2 Å². The minimum Gasteiger partial charge on any atom is -0.255 e. The SMILES string of the molecule is Cc1cc2nc(-c3ccccn3)c(-c3ccccn3)nc2nc1C. The number of nitrogens with zero attached hydrogens (tertiary/aromatic N) is 5. The molecular formula is C19H15N5. The lowest BCUT2D eigenvalue weighted by Gasteiger charge is -2.10. The molecule has 4 heterocycles. The van der Waals surface area contributed by atoms with Crippen molar-refractivity contribution in [1.82, 2.24) is 24.9 Å². The molecule has 0 radical (unpaired) electrons. The number of aryl methyl sites for hydroxylation is 2. The van der Waals surface area contributed by atoms with Gasteiger partial charge in [-0.1, -0.05) is 12.1 Å². The summed E-state index contributed by atoms with van der Waals surface area (Å²) in [6.45, 7) is 4.00. The third kappa shape index (κ3) is 2.50. The number of rotatable bonds is 2. The van der Waals surface area contributed by atoms with Gasteiger partial charge in [0.05, 0.1) is 11.4 Å². The molecule has 4 aromatic rings. The highest BCUT2D eigenvalue weighted by atomic mass is 14.9. The molecule has 0 bridgehead atoms. The van der Waals surface area contributed by atoms with Gasteiger partial charge < -0.3 is 0 Å². The molecule has 0 aliphatic heterocycles. The van der Waals surface area contributed by atoms with Gasteiger partial charge in [-0.05, 0) is 49.7 Å². The van der Waals surface area contributed by atoms with Crippen molar-refractivity contribution >= 4 is 11.2 Å². The van der Waals surface area contributed by atoms with Crippen LogP contribution >= 0.6 is 0 Å². The average Bonchev–Trinajstić information content (AvgIpc) is 2.63. The molecule has 4 aromatic heterocycles. The molecule has 4 rings (SSSR count). The first-order valence-corrected chi connectivity index (χ1v) is 7.71. The van der Waals surface area contributed by atoms with E-state index in [1.54, 1.807) is 12.4 Å². The highest BCUT2D eigenvalue weighted by molar-refractivity contribution is 5.82. The lowest BCUT2D eigenvalue weighted by Crippen LogP contribution is -2.00. The molecule has 0 spiro atoms. The molecule has 0 saturated carbocycles. The molecule has 5 heteroatoms. The van der Waals surface area contributed by atoms with Crippen molar-refractivity contribution in [3.63, 3.8) is 0 Å². The van der Waals surface area contributed by atoms with E-state index in [9.17, 15) is 0 Å². The summed E-state index contributed by atoms with van der Waals surface area (Å²) >= 11 is 0. The van der Waals surface area contributed by atoms with E-state index in [1.807, 2.05) is 56.3 Å². The summed E-state index contributed by atoms with van der Waals surface area (Å²) in [5, 5.41) is 0. The van der Waals surface area contributed by atoms with Crippen LogP contribution in [0.3, 0.4) is 0 Å². The third-order valence-corrected chi connectivity index (χ3v) is 3.92. The molecule has 24 heavy (non-hydrogen) atoms. The van der Waals surface area contributed by atoms with Crippen LogP contribution in [0.1, 0.15) is 11.3 Å². The van der Waals surface area contributed by atoms with Crippen molar-refractivity contribution in [1.29, 1.82) is 0 Å². The third-order valence-electron chi connectivity index (χ3n) is 3.92. The molecule has 116 valence electrons. The zero-order valence-electron chi connectivity index (χ0n) is 13.4. The second-order valence-electron chi connectivity index (χ2n) is 5.58. The summed E-state index contributed by atoms with van der Waals surface area (Å²) in [6.07, 6.45) is 3.50. The Bertz CT molecular complexity index is 930. The van der Waals surface area contributed by atoms with Crippen LogP contribution in [0.25, 0.3) is 33.9 Å². The second-order valence-corrected chi connectivity index (χ2v) is 5.58. The Morgan fingerprint density at radius 3 is 1.92 bits per heavy atom. The zero-order valence-corrected chi connectivity index (χ0v) is 13.4. The van der Waals surface area contributed by atoms with E-state index < -0.39 is 0 Å². The van der Waals surface area contributed by atoms with Crippen molar-refractivity contribution in [2.75, 3.05) is 0 Å². The average molecular weight is 313 g/mol. The number of hydrogen-bond acceptors (Lipinski definition) is 5. The summed E-state index contributed by atoms with van der Waals surface area (Å²) in [5.74, 6) is 0. The maximum absolute atomic E-state index is 4.80. The highest BCUT2D eigenvalue weighted by Gasteiger charge is 2.16. The second kappa shape index (κ2) is 5.77. The van der Waals surface area contributed by atoms with Gasteiger partial charge in [0.1, 0.15) is 16.9 Å². The lowest BCUT2D eigenvalue weighted by atomic mass is 10.1. The normalized spacial score (nSPS) is 10.9. The van der Waals surface area contributed by atoms with Gasteiger partial charge >= 0.3 is 0 Å². The summed E-state index contributed by atoms with van der Waals surface area (Å²) in [6, 6.07) is 13.5. The molecular weight excluding hydrogens is 298 g/mol. The molecule has 0 atom stereocenters. The molecule has 0 aliphatic carbocycles. The van der Waals surface area contributed by atoms with Gasteiger partial charge in [0.2, 0.25) is 0 Å². The van der Waals surface area contributed by atoms with Crippen molar-refractivity contribution in [2.45, 2.75) is 13.8 Å². The number of pyridine rings is 3. The van der Waals surface area contributed by atoms with Gasteiger partial charge in [-0.15, -0.1) is 0 Å². The minimum atomic E-state index is 0.624. The quantitative estimate of drug-likeness (QED) is 0.563. The van der Waals surface area contributed by atoms with Gasteiger partial charge in [-0.3, -0.25) is 9.97 Å². The first-order chi connectivity index (χ1) is 11.7. The van der Waals surface area contributed by atoms with E-state index in [4.69, 9.17) is 9.97 Å². The molecule has 0 unspecified atom stereocenters. The monoisotopic (exact) mass is 313 g/mol. The van der Waals surface area contributed by atoms with Crippen LogP contribution in [0.2, 0.25) is 0 Å². The van der Waals surface area contributed by atoms with Crippen LogP contribution in [0.5, 0.6) is 0 Å². The van der Waals surface area contributed by atoms with Crippen LogP contribution in [0.15, 0.2) is 54.9 Å². The first kappa shape index (κ1) is 14.4.